The second kappa shape index (κ2) is 8.15. The average Bonchev–Trinajstić information content (AvgIpc) is 2.96. The Morgan fingerprint density at radius 2 is 1.96 bits per heavy atom. The molecular weight excluding hydrogens is 344 g/mol. The summed E-state index contributed by atoms with van der Waals surface area (Å²) in [7, 11) is 1.73. The monoisotopic (exact) mass is 370 g/mol. The predicted octanol–water partition coefficient (Wildman–Crippen LogP) is 3.25. The first-order valence-corrected chi connectivity index (χ1v) is 9.58. The van der Waals surface area contributed by atoms with Crippen molar-refractivity contribution >= 4 is 5.91 Å². The van der Waals surface area contributed by atoms with Crippen LogP contribution in [0.1, 0.15) is 23.4 Å². The highest BCUT2D eigenvalue weighted by atomic mass is 16.6. The Bertz CT molecular complexity index is 761. The highest BCUT2D eigenvalue weighted by Crippen LogP contribution is 2.30. The molecule has 3 aliphatic heterocycles. The molecule has 2 aromatic rings. The van der Waals surface area contributed by atoms with E-state index in [1.54, 1.807) is 19.2 Å². The molecule has 144 valence electrons. The second-order valence-electron chi connectivity index (χ2n) is 7.33. The summed E-state index contributed by atoms with van der Waals surface area (Å²) < 4.78 is 16.6. The number of hydrogen-bond donors (Lipinski definition) is 0. The number of para-hydroxylation sites is 1. The van der Waals surface area contributed by atoms with E-state index in [1.165, 1.54) is 6.42 Å². The van der Waals surface area contributed by atoms with Crippen LogP contribution in [0.4, 0.5) is 0 Å². The van der Waals surface area contributed by atoms with Crippen molar-refractivity contribution in [1.29, 1.82) is 0 Å². The molecule has 3 saturated heterocycles. The number of piperidine rings is 1. The van der Waals surface area contributed by atoms with E-state index >= 15 is 0 Å². The average molecular weight is 370 g/mol. The molecule has 0 aliphatic carbocycles. The molecule has 3 fully saturated rings. The summed E-state index contributed by atoms with van der Waals surface area (Å²) in [4.78, 5) is 17.4. The molecule has 0 spiro atoms. The predicted molar refractivity (Wildman–Crippen MR) is 101 cm³/mol. The molecule has 1 aromatic carbocycles. The Morgan fingerprint density at radius 1 is 1.11 bits per heavy atom. The van der Waals surface area contributed by atoms with E-state index in [4.69, 9.17) is 13.9 Å². The van der Waals surface area contributed by atoms with Gasteiger partial charge in [0.2, 0.25) is 0 Å². The Balaban J connectivity index is 1.42. The van der Waals surface area contributed by atoms with Crippen LogP contribution in [-0.4, -0.2) is 61.6 Å². The number of amides is 1. The van der Waals surface area contributed by atoms with Crippen molar-refractivity contribution in [2.24, 2.45) is 5.92 Å². The van der Waals surface area contributed by atoms with Crippen LogP contribution in [0.5, 0.6) is 11.7 Å². The number of carbonyl (C=O) groups excluding carboxylic acids is 1. The van der Waals surface area contributed by atoms with Crippen molar-refractivity contribution in [3.05, 3.63) is 48.2 Å². The van der Waals surface area contributed by atoms with Crippen LogP contribution in [-0.2, 0) is 4.74 Å². The van der Waals surface area contributed by atoms with Gasteiger partial charge in [-0.2, -0.15) is 0 Å². The Labute approximate surface area is 159 Å². The summed E-state index contributed by atoms with van der Waals surface area (Å²) in [6.07, 6.45) is 2.32. The van der Waals surface area contributed by atoms with Crippen molar-refractivity contribution in [2.45, 2.75) is 18.9 Å². The minimum atomic E-state index is -0.0524. The summed E-state index contributed by atoms with van der Waals surface area (Å²) in [6, 6.07) is 13.2. The molecule has 3 aliphatic rings. The number of rotatable bonds is 6. The van der Waals surface area contributed by atoms with Gasteiger partial charge in [0.25, 0.3) is 11.9 Å². The first-order chi connectivity index (χ1) is 13.2. The zero-order valence-corrected chi connectivity index (χ0v) is 15.7. The Hall–Kier alpha value is -2.31. The van der Waals surface area contributed by atoms with E-state index < -0.39 is 0 Å². The molecule has 0 N–H and O–H groups in total. The van der Waals surface area contributed by atoms with E-state index in [2.05, 4.69) is 4.90 Å². The van der Waals surface area contributed by atoms with E-state index in [1.807, 2.05) is 35.2 Å². The largest absolute Gasteiger partial charge is 0.426 e. The smallest absolute Gasteiger partial charge is 0.290 e. The van der Waals surface area contributed by atoms with E-state index in [0.29, 0.717) is 29.4 Å². The van der Waals surface area contributed by atoms with Gasteiger partial charge >= 0.3 is 0 Å². The van der Waals surface area contributed by atoms with Gasteiger partial charge in [-0.25, -0.2) is 0 Å². The van der Waals surface area contributed by atoms with Crippen LogP contribution in [0.15, 0.2) is 46.9 Å². The lowest BCUT2D eigenvalue weighted by Gasteiger charge is -2.35. The molecule has 2 bridgehead atoms. The highest BCUT2D eigenvalue weighted by Gasteiger charge is 2.37. The van der Waals surface area contributed by atoms with Crippen molar-refractivity contribution in [3.8, 4) is 11.7 Å². The summed E-state index contributed by atoms with van der Waals surface area (Å²) in [5, 5.41) is 0. The lowest BCUT2D eigenvalue weighted by Crippen LogP contribution is -2.45. The van der Waals surface area contributed by atoms with E-state index in [-0.39, 0.29) is 5.91 Å². The number of furan rings is 1. The number of benzene rings is 1. The van der Waals surface area contributed by atoms with Crippen LogP contribution >= 0.6 is 0 Å². The molecular formula is C21H26N2O4. The molecule has 0 radical (unpaired) electrons. The zero-order chi connectivity index (χ0) is 18.6. The first-order valence-electron chi connectivity index (χ1n) is 9.58. The lowest BCUT2D eigenvalue weighted by molar-refractivity contribution is 0.0685. The van der Waals surface area contributed by atoms with E-state index in [9.17, 15) is 4.79 Å². The van der Waals surface area contributed by atoms with Crippen molar-refractivity contribution < 1.29 is 18.7 Å². The minimum absolute atomic E-state index is 0.0524. The number of carbonyl (C=O) groups is 1. The molecule has 1 aromatic heterocycles. The van der Waals surface area contributed by atoms with Crippen molar-refractivity contribution in [3.63, 3.8) is 0 Å². The van der Waals surface area contributed by atoms with Crippen LogP contribution in [0.3, 0.4) is 0 Å². The summed E-state index contributed by atoms with van der Waals surface area (Å²) >= 11 is 0. The third-order valence-electron chi connectivity index (χ3n) is 5.45. The topological polar surface area (TPSA) is 55.2 Å². The molecule has 1 amide bonds. The summed E-state index contributed by atoms with van der Waals surface area (Å²) in [6.45, 7) is 4.23. The van der Waals surface area contributed by atoms with E-state index in [0.717, 1.165) is 39.2 Å². The third-order valence-corrected chi connectivity index (χ3v) is 5.45. The maximum Gasteiger partial charge on any atom is 0.290 e. The molecule has 0 saturated carbocycles. The van der Waals surface area contributed by atoms with Gasteiger partial charge in [0.15, 0.2) is 5.76 Å². The van der Waals surface area contributed by atoms with Gasteiger partial charge in [0, 0.05) is 45.4 Å². The molecule has 4 heterocycles. The molecule has 27 heavy (non-hydrogen) atoms. The number of ether oxygens (including phenoxy) is 2. The second-order valence-corrected chi connectivity index (χ2v) is 7.33. The zero-order valence-electron chi connectivity index (χ0n) is 15.7. The van der Waals surface area contributed by atoms with Gasteiger partial charge in [-0.3, -0.25) is 9.69 Å². The van der Waals surface area contributed by atoms with Gasteiger partial charge in [-0.05, 0) is 37.0 Å². The van der Waals surface area contributed by atoms with Gasteiger partial charge < -0.3 is 18.8 Å². The number of nitrogens with zero attached hydrogens (tertiary/aromatic N) is 2. The normalized spacial score (nSPS) is 22.6. The van der Waals surface area contributed by atoms with Gasteiger partial charge in [0.05, 0.1) is 6.61 Å². The molecule has 2 atom stereocenters. The maximum atomic E-state index is 13.0. The quantitative estimate of drug-likeness (QED) is 0.781. The minimum Gasteiger partial charge on any atom is -0.426 e. The lowest BCUT2D eigenvalue weighted by atomic mass is 9.95. The van der Waals surface area contributed by atoms with Crippen LogP contribution in [0.2, 0.25) is 0 Å². The third kappa shape index (κ3) is 4.17. The Morgan fingerprint density at radius 3 is 2.78 bits per heavy atom. The van der Waals surface area contributed by atoms with Crippen molar-refractivity contribution in [2.75, 3.05) is 39.9 Å². The summed E-state index contributed by atoms with van der Waals surface area (Å²) in [5.74, 6) is 1.82. The SMILES string of the molecule is COCCN1C[C@H]2CC[C@@H]1CN(C(=O)c1ccc(Oc3ccccc3)o1)C2. The molecule has 6 heteroatoms. The molecule has 6 nitrogen and oxygen atoms in total. The number of fused-ring (bicyclic) bond motifs is 4. The van der Waals surface area contributed by atoms with Crippen LogP contribution in [0, 0.1) is 5.92 Å². The summed E-state index contributed by atoms with van der Waals surface area (Å²) in [5.41, 5.74) is 0. The number of methoxy groups -OCH3 is 1. The van der Waals surface area contributed by atoms with Crippen LogP contribution < -0.4 is 4.74 Å². The van der Waals surface area contributed by atoms with Crippen molar-refractivity contribution in [1.82, 2.24) is 9.80 Å². The van der Waals surface area contributed by atoms with Gasteiger partial charge in [-0.1, -0.05) is 18.2 Å². The molecule has 0 unspecified atom stereocenters. The first kappa shape index (κ1) is 18.1. The van der Waals surface area contributed by atoms with Crippen LogP contribution in [0.25, 0.3) is 0 Å². The number of hydrogen-bond acceptors (Lipinski definition) is 5. The van der Waals surface area contributed by atoms with Gasteiger partial charge in [-0.15, -0.1) is 0 Å². The van der Waals surface area contributed by atoms with Gasteiger partial charge in [0.1, 0.15) is 5.75 Å². The highest BCUT2D eigenvalue weighted by molar-refractivity contribution is 5.91. The fourth-order valence-electron chi connectivity index (χ4n) is 4.08. The standard InChI is InChI=1S/C21H26N2O4/c1-25-12-11-22-13-16-7-8-17(22)15-23(14-16)21(24)19-9-10-20(27-19)26-18-5-3-2-4-6-18/h2-6,9-10,16-17H,7-8,11-15H2,1H3/t16-,17-/m1/s1. The fraction of sp³-hybridized carbons (Fsp3) is 0.476. The molecule has 5 rings (SSSR count). The Kier molecular flexibility index (Phi) is 5.45. The maximum absolute atomic E-state index is 13.0. The fourth-order valence-corrected chi connectivity index (χ4v) is 4.08.